The number of piperidine rings is 1. The molecule has 1 spiro atoms. The molecular weight excluding hydrogens is 332 g/mol. The van der Waals surface area contributed by atoms with E-state index in [1.807, 2.05) is 31.2 Å². The number of hydrogen-bond acceptors (Lipinski definition) is 6. The van der Waals surface area contributed by atoms with Crippen molar-refractivity contribution in [3.8, 4) is 5.75 Å². The van der Waals surface area contributed by atoms with E-state index in [1.54, 1.807) is 0 Å². The highest BCUT2D eigenvalue weighted by Crippen LogP contribution is 2.62. The Morgan fingerprint density at radius 3 is 3.00 bits per heavy atom. The van der Waals surface area contributed by atoms with Crippen LogP contribution in [0.5, 0.6) is 5.75 Å². The van der Waals surface area contributed by atoms with Crippen molar-refractivity contribution in [2.24, 2.45) is 5.41 Å². The molecule has 2 unspecified atom stereocenters. The van der Waals surface area contributed by atoms with Crippen LogP contribution in [0.1, 0.15) is 43.8 Å². The topological polar surface area (TPSA) is 89.3 Å². The molecule has 26 heavy (non-hydrogen) atoms. The molecule has 2 heterocycles. The number of hydrogen-bond donors (Lipinski definition) is 2. The number of nitrogens with one attached hydrogen (secondary N) is 2. The second kappa shape index (κ2) is 7.07. The van der Waals surface area contributed by atoms with Gasteiger partial charge in [0, 0.05) is 18.2 Å². The smallest absolute Gasteiger partial charge is 0.232 e. The zero-order valence-corrected chi connectivity index (χ0v) is 15.0. The maximum absolute atomic E-state index is 12.2. The number of ether oxygens (including phenoxy) is 1. The summed E-state index contributed by atoms with van der Waals surface area (Å²) in [5.74, 6) is 2.08. The zero-order valence-electron chi connectivity index (χ0n) is 15.0. The highest BCUT2D eigenvalue weighted by Gasteiger charge is 2.57. The molecule has 7 nitrogen and oxygen atoms in total. The highest BCUT2D eigenvalue weighted by atomic mass is 16.5. The SMILES string of the molecule is CCOc1ccc(NC(=O)Cc2noc(C3CC34CCCNC4)n2)cc1. The van der Waals surface area contributed by atoms with E-state index in [0.29, 0.717) is 29.7 Å². The summed E-state index contributed by atoms with van der Waals surface area (Å²) in [6.07, 6.45) is 3.61. The number of nitrogens with zero attached hydrogens (tertiary/aromatic N) is 2. The summed E-state index contributed by atoms with van der Waals surface area (Å²) in [5.41, 5.74) is 1.02. The van der Waals surface area contributed by atoms with Gasteiger partial charge in [-0.15, -0.1) is 0 Å². The molecule has 138 valence electrons. The number of amides is 1. The van der Waals surface area contributed by atoms with Gasteiger partial charge in [0.1, 0.15) is 5.75 Å². The fourth-order valence-electron chi connectivity index (χ4n) is 3.79. The van der Waals surface area contributed by atoms with Gasteiger partial charge in [-0.05, 0) is 62.4 Å². The van der Waals surface area contributed by atoms with E-state index in [9.17, 15) is 4.79 Å². The van der Waals surface area contributed by atoms with E-state index in [2.05, 4.69) is 20.8 Å². The number of benzene rings is 1. The van der Waals surface area contributed by atoms with Crippen LogP contribution in [0.15, 0.2) is 28.8 Å². The average molecular weight is 356 g/mol. The van der Waals surface area contributed by atoms with Gasteiger partial charge in [0.15, 0.2) is 5.82 Å². The fraction of sp³-hybridized carbons (Fsp3) is 0.526. The Hall–Kier alpha value is -2.41. The third-order valence-corrected chi connectivity index (χ3v) is 5.24. The molecule has 1 aromatic carbocycles. The number of aromatic nitrogens is 2. The normalized spacial score (nSPS) is 24.4. The van der Waals surface area contributed by atoms with E-state index in [1.165, 1.54) is 12.8 Å². The van der Waals surface area contributed by atoms with Crippen molar-refractivity contribution in [2.45, 2.75) is 38.5 Å². The minimum Gasteiger partial charge on any atom is -0.494 e. The monoisotopic (exact) mass is 356 g/mol. The van der Waals surface area contributed by atoms with E-state index in [4.69, 9.17) is 9.26 Å². The number of carbonyl (C=O) groups is 1. The van der Waals surface area contributed by atoms with Crippen LogP contribution in [0.2, 0.25) is 0 Å². The highest BCUT2D eigenvalue weighted by molar-refractivity contribution is 5.91. The quantitative estimate of drug-likeness (QED) is 0.827. The molecule has 1 aliphatic heterocycles. The summed E-state index contributed by atoms with van der Waals surface area (Å²) in [4.78, 5) is 16.7. The van der Waals surface area contributed by atoms with E-state index in [0.717, 1.165) is 30.9 Å². The molecule has 2 aromatic rings. The van der Waals surface area contributed by atoms with Gasteiger partial charge in [0.2, 0.25) is 11.8 Å². The average Bonchev–Trinajstić information content (AvgIpc) is 3.12. The van der Waals surface area contributed by atoms with Crippen molar-refractivity contribution in [3.05, 3.63) is 36.0 Å². The Labute approximate surface area is 152 Å². The van der Waals surface area contributed by atoms with Crippen molar-refractivity contribution in [2.75, 3.05) is 25.0 Å². The van der Waals surface area contributed by atoms with Gasteiger partial charge in [-0.2, -0.15) is 4.98 Å². The molecule has 1 saturated carbocycles. The molecule has 2 N–H and O–H groups in total. The Kier molecular flexibility index (Phi) is 4.63. The van der Waals surface area contributed by atoms with E-state index in [-0.39, 0.29) is 12.3 Å². The Balaban J connectivity index is 1.32. The molecule has 1 saturated heterocycles. The molecule has 1 aliphatic carbocycles. The first-order valence-electron chi connectivity index (χ1n) is 9.24. The van der Waals surface area contributed by atoms with Crippen LogP contribution in [0, 0.1) is 5.41 Å². The Morgan fingerprint density at radius 2 is 2.27 bits per heavy atom. The molecule has 1 aromatic heterocycles. The minimum absolute atomic E-state index is 0.106. The standard InChI is InChI=1S/C19H24N4O3/c1-2-25-14-6-4-13(5-7-14)21-17(24)10-16-22-18(26-23-16)15-11-19(15)8-3-9-20-12-19/h4-7,15,20H,2-3,8-12H2,1H3,(H,21,24). The molecule has 7 heteroatoms. The summed E-state index contributed by atoms with van der Waals surface area (Å²) in [6.45, 7) is 4.66. The molecule has 2 aliphatic rings. The van der Waals surface area contributed by atoms with Gasteiger partial charge >= 0.3 is 0 Å². The van der Waals surface area contributed by atoms with Gasteiger partial charge < -0.3 is 19.9 Å². The molecule has 0 bridgehead atoms. The van der Waals surface area contributed by atoms with Crippen LogP contribution >= 0.6 is 0 Å². The maximum Gasteiger partial charge on any atom is 0.232 e. The summed E-state index contributed by atoms with van der Waals surface area (Å²) in [7, 11) is 0. The number of carbonyl (C=O) groups excluding carboxylic acids is 1. The summed E-state index contributed by atoms with van der Waals surface area (Å²) < 4.78 is 10.8. The maximum atomic E-state index is 12.2. The predicted molar refractivity (Wildman–Crippen MR) is 96.1 cm³/mol. The van der Waals surface area contributed by atoms with Crippen molar-refractivity contribution in [1.82, 2.24) is 15.5 Å². The van der Waals surface area contributed by atoms with Crippen molar-refractivity contribution in [3.63, 3.8) is 0 Å². The molecule has 1 amide bonds. The lowest BCUT2D eigenvalue weighted by atomic mass is 9.94. The van der Waals surface area contributed by atoms with Crippen molar-refractivity contribution in [1.29, 1.82) is 0 Å². The Morgan fingerprint density at radius 1 is 1.42 bits per heavy atom. The van der Waals surface area contributed by atoms with Crippen LogP contribution in [0.4, 0.5) is 5.69 Å². The summed E-state index contributed by atoms with van der Waals surface area (Å²) in [5, 5.41) is 10.3. The van der Waals surface area contributed by atoms with Gasteiger partial charge in [-0.1, -0.05) is 5.16 Å². The molecule has 0 radical (unpaired) electrons. The van der Waals surface area contributed by atoms with Gasteiger partial charge in [-0.25, -0.2) is 0 Å². The number of anilines is 1. The van der Waals surface area contributed by atoms with E-state index >= 15 is 0 Å². The van der Waals surface area contributed by atoms with E-state index < -0.39 is 0 Å². The van der Waals surface area contributed by atoms with Crippen LogP contribution in [0.3, 0.4) is 0 Å². The summed E-state index contributed by atoms with van der Waals surface area (Å²) in [6, 6.07) is 7.29. The van der Waals surface area contributed by atoms with Crippen LogP contribution in [-0.4, -0.2) is 35.7 Å². The van der Waals surface area contributed by atoms with Gasteiger partial charge in [0.25, 0.3) is 0 Å². The summed E-state index contributed by atoms with van der Waals surface area (Å²) >= 11 is 0. The van der Waals surface area contributed by atoms with Crippen molar-refractivity contribution >= 4 is 11.6 Å². The molecule has 4 rings (SSSR count). The zero-order chi connectivity index (χ0) is 18.0. The van der Waals surface area contributed by atoms with Crippen LogP contribution in [0.25, 0.3) is 0 Å². The fourth-order valence-corrected chi connectivity index (χ4v) is 3.79. The minimum atomic E-state index is -0.161. The Bertz CT molecular complexity index is 765. The molecule has 2 fully saturated rings. The van der Waals surface area contributed by atoms with Gasteiger partial charge in [0.05, 0.1) is 13.0 Å². The third-order valence-electron chi connectivity index (χ3n) is 5.24. The lowest BCUT2D eigenvalue weighted by Gasteiger charge is -2.22. The lowest BCUT2D eigenvalue weighted by molar-refractivity contribution is -0.115. The first kappa shape index (κ1) is 17.0. The molecular formula is C19H24N4O3. The first-order valence-corrected chi connectivity index (χ1v) is 9.24. The van der Waals surface area contributed by atoms with Crippen molar-refractivity contribution < 1.29 is 14.1 Å². The second-order valence-electron chi connectivity index (χ2n) is 7.13. The van der Waals surface area contributed by atoms with Gasteiger partial charge in [-0.3, -0.25) is 4.79 Å². The molecule has 2 atom stereocenters. The van der Waals surface area contributed by atoms with Crippen LogP contribution < -0.4 is 15.4 Å². The first-order chi connectivity index (χ1) is 12.7. The third kappa shape index (κ3) is 3.58. The predicted octanol–water partition coefficient (Wildman–Crippen LogP) is 2.51. The second-order valence-corrected chi connectivity index (χ2v) is 7.13. The largest absolute Gasteiger partial charge is 0.494 e. The lowest BCUT2D eigenvalue weighted by Crippen LogP contribution is -2.31. The number of rotatable bonds is 6. The van der Waals surface area contributed by atoms with Crippen LogP contribution in [-0.2, 0) is 11.2 Å².